The van der Waals surface area contributed by atoms with E-state index >= 15 is 0 Å². The lowest BCUT2D eigenvalue weighted by Gasteiger charge is -2.44. The second-order valence-corrected chi connectivity index (χ2v) is 11.4. The summed E-state index contributed by atoms with van der Waals surface area (Å²) in [5.74, 6) is -0.473. The number of nitrogens with zero attached hydrogens (tertiary/aromatic N) is 3. The molecule has 2 aromatic rings. The van der Waals surface area contributed by atoms with Gasteiger partial charge in [0.15, 0.2) is 0 Å². The maximum Gasteiger partial charge on any atom is 0.360 e. The monoisotopic (exact) mass is 453 g/mol. The van der Waals surface area contributed by atoms with E-state index < -0.39 is 17.2 Å². The van der Waals surface area contributed by atoms with Gasteiger partial charge in [-0.25, -0.2) is 9.78 Å². The minimum atomic E-state index is -1.27. The zero-order valence-corrected chi connectivity index (χ0v) is 20.8. The third-order valence-corrected chi connectivity index (χ3v) is 8.24. The molecular weight excluding hydrogens is 414 g/mol. The van der Waals surface area contributed by atoms with Crippen molar-refractivity contribution in [2.45, 2.75) is 104 Å². The number of para-hydroxylation sites is 2. The number of aromatic nitrogens is 2. The van der Waals surface area contributed by atoms with Gasteiger partial charge in [0.05, 0.1) is 11.0 Å². The quantitative estimate of drug-likeness (QED) is 0.647. The summed E-state index contributed by atoms with van der Waals surface area (Å²) < 4.78 is 1.67. The molecule has 1 aromatic carbocycles. The number of rotatable bonds is 5. The Morgan fingerprint density at radius 1 is 1.12 bits per heavy atom. The van der Waals surface area contributed by atoms with Crippen molar-refractivity contribution in [2.75, 3.05) is 0 Å². The van der Waals surface area contributed by atoms with E-state index in [1.807, 2.05) is 18.2 Å². The van der Waals surface area contributed by atoms with E-state index in [2.05, 4.69) is 44.5 Å². The fourth-order valence-corrected chi connectivity index (χ4v) is 6.46. The first kappa shape index (κ1) is 23.9. The molecule has 1 aliphatic carbocycles. The molecule has 1 aromatic heterocycles. The third-order valence-electron chi connectivity index (χ3n) is 8.24. The molecule has 33 heavy (non-hydrogen) atoms. The zero-order valence-electron chi connectivity index (χ0n) is 20.8. The van der Waals surface area contributed by atoms with Crippen molar-refractivity contribution in [3.05, 3.63) is 40.3 Å². The summed E-state index contributed by atoms with van der Waals surface area (Å²) in [5.41, 5.74) is 0.748. The number of hydrogen-bond donors (Lipinski definition) is 1. The van der Waals surface area contributed by atoms with Crippen molar-refractivity contribution in [2.24, 2.45) is 11.3 Å². The van der Waals surface area contributed by atoms with Crippen LogP contribution in [-0.4, -0.2) is 43.7 Å². The smallest absolute Gasteiger partial charge is 0.360 e. The second kappa shape index (κ2) is 9.21. The Morgan fingerprint density at radius 2 is 1.79 bits per heavy atom. The highest BCUT2D eigenvalue weighted by Gasteiger charge is 2.39. The molecule has 4 rings (SSSR count). The highest BCUT2D eigenvalue weighted by Crippen LogP contribution is 2.42. The Labute approximate surface area is 197 Å². The average Bonchev–Trinajstić information content (AvgIpc) is 3.12. The fourth-order valence-electron chi connectivity index (χ4n) is 6.46. The molecule has 0 unspecified atom stereocenters. The van der Waals surface area contributed by atoms with Crippen molar-refractivity contribution in [3.8, 4) is 0 Å². The molecule has 6 heteroatoms. The third kappa shape index (κ3) is 4.72. The number of hydrogen-bond acceptors (Lipinski definition) is 4. The van der Waals surface area contributed by atoms with Gasteiger partial charge in [-0.2, -0.15) is 0 Å². The molecule has 1 saturated heterocycles. The van der Waals surface area contributed by atoms with Crippen LogP contribution in [0.15, 0.2) is 29.1 Å². The van der Waals surface area contributed by atoms with Crippen LogP contribution in [0.25, 0.3) is 11.0 Å². The van der Waals surface area contributed by atoms with Gasteiger partial charge in [0.25, 0.3) is 5.56 Å². The van der Waals surface area contributed by atoms with Crippen molar-refractivity contribution < 1.29 is 9.90 Å². The van der Waals surface area contributed by atoms with Gasteiger partial charge in [0, 0.05) is 24.2 Å². The molecule has 0 radical (unpaired) electrons. The molecule has 0 bridgehead atoms. The first-order valence-electron chi connectivity index (χ1n) is 12.6. The van der Waals surface area contributed by atoms with Gasteiger partial charge in [-0.15, -0.1) is 0 Å². The highest BCUT2D eigenvalue weighted by atomic mass is 16.4. The number of carbonyl (C=O) groups is 1. The Morgan fingerprint density at radius 3 is 2.42 bits per heavy atom. The van der Waals surface area contributed by atoms with Crippen molar-refractivity contribution >= 4 is 17.0 Å². The summed E-state index contributed by atoms with van der Waals surface area (Å²) in [5, 5.41) is 9.56. The van der Waals surface area contributed by atoms with E-state index in [0.29, 0.717) is 34.6 Å². The molecule has 2 fully saturated rings. The molecule has 2 aliphatic rings. The molecule has 1 aliphatic heterocycles. The van der Waals surface area contributed by atoms with Gasteiger partial charge < -0.3 is 9.67 Å². The van der Waals surface area contributed by atoms with Gasteiger partial charge in [-0.1, -0.05) is 32.9 Å². The van der Waals surface area contributed by atoms with Crippen LogP contribution in [0.1, 0.15) is 96.1 Å². The number of benzene rings is 1. The van der Waals surface area contributed by atoms with E-state index in [-0.39, 0.29) is 6.04 Å². The van der Waals surface area contributed by atoms with Crippen LogP contribution in [0.2, 0.25) is 0 Å². The second-order valence-electron chi connectivity index (χ2n) is 11.4. The first-order chi connectivity index (χ1) is 15.6. The summed E-state index contributed by atoms with van der Waals surface area (Å²) in [6.45, 7) is 11.5. The van der Waals surface area contributed by atoms with Gasteiger partial charge in [-0.05, 0) is 82.3 Å². The predicted octanol–water partition coefficient (Wildman–Crippen LogP) is 5.50. The Kier molecular flexibility index (Phi) is 6.68. The van der Waals surface area contributed by atoms with Gasteiger partial charge >= 0.3 is 5.97 Å². The SMILES string of the molecule is C[C@@H](C[C@@H]1CC[C@H](C)N1[C@H]1CC[C@H](C(C)(C)C)CC1)n1c(=O)c(C(=O)O)nc2ccccc21. The van der Waals surface area contributed by atoms with E-state index in [0.717, 1.165) is 18.8 Å². The van der Waals surface area contributed by atoms with E-state index in [1.165, 1.54) is 32.1 Å². The molecule has 180 valence electrons. The summed E-state index contributed by atoms with van der Waals surface area (Å²) in [6.07, 6.45) is 8.23. The minimum Gasteiger partial charge on any atom is -0.476 e. The molecule has 0 amide bonds. The molecule has 3 atom stereocenters. The van der Waals surface area contributed by atoms with E-state index in [4.69, 9.17) is 0 Å². The Hall–Kier alpha value is -2.21. The molecule has 0 spiro atoms. The Bertz CT molecular complexity index is 1060. The van der Waals surface area contributed by atoms with Crippen molar-refractivity contribution in [1.29, 1.82) is 0 Å². The number of aromatic carboxylic acids is 1. The molecule has 6 nitrogen and oxygen atoms in total. The van der Waals surface area contributed by atoms with Gasteiger partial charge in [-0.3, -0.25) is 9.69 Å². The number of likely N-dealkylation sites (tertiary alicyclic amines) is 1. The summed E-state index contributed by atoms with van der Waals surface area (Å²) in [6, 6.07) is 8.83. The number of fused-ring (bicyclic) bond motifs is 1. The maximum absolute atomic E-state index is 13.1. The van der Waals surface area contributed by atoms with Crippen LogP contribution in [0.5, 0.6) is 0 Å². The lowest BCUT2D eigenvalue weighted by Crippen LogP contribution is -2.46. The lowest BCUT2D eigenvalue weighted by atomic mass is 9.71. The van der Waals surface area contributed by atoms with Crippen LogP contribution in [0.4, 0.5) is 0 Å². The minimum absolute atomic E-state index is 0.104. The van der Waals surface area contributed by atoms with Gasteiger partial charge in [0.1, 0.15) is 0 Å². The van der Waals surface area contributed by atoms with Crippen LogP contribution in [-0.2, 0) is 0 Å². The summed E-state index contributed by atoms with van der Waals surface area (Å²) in [4.78, 5) is 31.7. The average molecular weight is 454 g/mol. The van der Waals surface area contributed by atoms with Crippen LogP contribution in [0.3, 0.4) is 0 Å². The summed E-state index contributed by atoms with van der Waals surface area (Å²) >= 11 is 0. The normalized spacial score (nSPS) is 27.7. The topological polar surface area (TPSA) is 75.4 Å². The Balaban J connectivity index is 1.58. The maximum atomic E-state index is 13.1. The number of carboxylic acid groups (broad SMARTS) is 1. The van der Waals surface area contributed by atoms with Crippen LogP contribution >= 0.6 is 0 Å². The van der Waals surface area contributed by atoms with E-state index in [9.17, 15) is 14.7 Å². The molecular formula is C27H39N3O3. The number of carboxylic acids is 1. The van der Waals surface area contributed by atoms with E-state index in [1.54, 1.807) is 10.6 Å². The summed E-state index contributed by atoms with van der Waals surface area (Å²) in [7, 11) is 0. The van der Waals surface area contributed by atoms with Gasteiger partial charge in [0.2, 0.25) is 5.69 Å². The fraction of sp³-hybridized carbons (Fsp3) is 0.667. The molecule has 1 saturated carbocycles. The first-order valence-corrected chi connectivity index (χ1v) is 12.6. The molecule has 1 N–H and O–H groups in total. The van der Waals surface area contributed by atoms with Crippen LogP contribution in [0, 0.1) is 11.3 Å². The zero-order chi connectivity index (χ0) is 23.9. The highest BCUT2D eigenvalue weighted by molar-refractivity contribution is 5.88. The van der Waals surface area contributed by atoms with Crippen molar-refractivity contribution in [1.82, 2.24) is 14.5 Å². The van der Waals surface area contributed by atoms with Crippen LogP contribution < -0.4 is 5.56 Å². The predicted molar refractivity (Wildman–Crippen MR) is 132 cm³/mol. The van der Waals surface area contributed by atoms with Crippen molar-refractivity contribution in [3.63, 3.8) is 0 Å². The standard InChI is InChI=1S/C27H39N3O3/c1-17-10-13-21(29(17)20-14-11-19(12-15-20)27(3,4)5)16-18(2)30-23-9-7-6-8-22(23)28-24(25(30)31)26(32)33/h6-9,17-21H,10-16H2,1-5H3,(H,32,33)/t17-,18-,19-,20-,21-/m0/s1. The molecule has 2 heterocycles. The largest absolute Gasteiger partial charge is 0.476 e. The lowest BCUT2D eigenvalue weighted by molar-refractivity contribution is 0.0600.